The van der Waals surface area contributed by atoms with Gasteiger partial charge in [0, 0.05) is 48.6 Å². The maximum atomic E-state index is 11.8. The molecule has 392 valence electrons. The van der Waals surface area contributed by atoms with Crippen molar-refractivity contribution < 1.29 is 104 Å². The number of likely N-dealkylation sites (N-methyl/N-ethyl adjacent to an activating group) is 1. The molecular formula is C43H73NO22P2. The van der Waals surface area contributed by atoms with Crippen LogP contribution < -0.4 is 0 Å². The largest absolute Gasteiger partial charge is 0.472 e. The van der Waals surface area contributed by atoms with E-state index in [0.717, 1.165) is 12.6 Å². The molecule has 0 aromatic rings. The Morgan fingerprint density at radius 3 is 1.04 bits per heavy atom. The molecule has 0 aliphatic heterocycles. The average Bonchev–Trinajstić information content (AvgIpc) is 3.25. The van der Waals surface area contributed by atoms with Crippen molar-refractivity contribution in [1.29, 1.82) is 0 Å². The monoisotopic (exact) mass is 1020 g/mol. The summed E-state index contributed by atoms with van der Waals surface area (Å²) >= 11 is 0. The van der Waals surface area contributed by atoms with Gasteiger partial charge in [0.15, 0.2) is 0 Å². The van der Waals surface area contributed by atoms with Crippen LogP contribution in [0.1, 0.15) is 97.8 Å². The highest BCUT2D eigenvalue weighted by molar-refractivity contribution is 7.47. The molecule has 25 heteroatoms. The third kappa shape index (κ3) is 50.8. The number of phosphoric acid groups is 2. The molecule has 0 saturated carbocycles. The number of rotatable bonds is 37. The predicted molar refractivity (Wildman–Crippen MR) is 245 cm³/mol. The van der Waals surface area contributed by atoms with Gasteiger partial charge in [-0.2, -0.15) is 0 Å². The maximum Gasteiger partial charge on any atom is 0.472 e. The molecule has 0 heterocycles. The van der Waals surface area contributed by atoms with Crippen molar-refractivity contribution >= 4 is 57.4 Å². The molecule has 0 aliphatic rings. The molecule has 0 aromatic heterocycles. The molecule has 0 fully saturated rings. The van der Waals surface area contributed by atoms with Crippen LogP contribution in [0.15, 0.2) is 49.1 Å². The summed E-state index contributed by atoms with van der Waals surface area (Å²) in [7, 11) is -4.74. The number of esters is 7. The zero-order chi connectivity index (χ0) is 52.4. The Kier molecular flexibility index (Phi) is 42.3. The number of phosphoric ester groups is 2. The van der Waals surface area contributed by atoms with E-state index in [4.69, 9.17) is 52.0 Å². The van der Waals surface area contributed by atoms with Crippen molar-refractivity contribution in [2.45, 2.75) is 97.8 Å². The predicted octanol–water partition coefficient (Wildman–Crippen LogP) is 5.16. The van der Waals surface area contributed by atoms with Gasteiger partial charge in [0.05, 0.1) is 19.8 Å². The van der Waals surface area contributed by atoms with E-state index in [-0.39, 0.29) is 101 Å². The van der Waals surface area contributed by atoms with E-state index < -0.39 is 51.5 Å². The Morgan fingerprint density at radius 2 is 0.765 bits per heavy atom. The SMILES string of the molecule is C=C(C)C(=O)OCCOC(=O)CCCCCOP(=O)(O)O.C=C(C)C(=O)OCCOC(=O)CCCCCOP(=O)(O)OCCCCCC(=O)OCCOC(=O)C(=C)C.C=CC(=O)OCCN(C)C. The van der Waals surface area contributed by atoms with Crippen molar-refractivity contribution in [3.63, 3.8) is 0 Å². The fourth-order valence-corrected chi connectivity index (χ4v) is 5.23. The Labute approximate surface area is 399 Å². The standard InChI is InChI=1S/C24H39O12P.C12H21O8P.C7H13NO2/c1-19(2)23(27)33-17-15-31-21(25)11-7-5-9-13-35-37(29,30)36-14-10-6-8-12-22(26)32-16-18-34-24(28)20(3)4;1-10(2)12(14)19-9-8-18-11(13)6-4-3-5-7-20-21(15,16)17;1-4-7(9)10-6-5-8(2)3/h1,3,5-18H2,2,4H3,(H,29,30);1,3-9H2,2H3,(H2,15,16,17);4H,1,5-6H2,2-3H3. The normalized spacial score (nSPS) is 10.7. The molecule has 0 aromatic carbocycles. The van der Waals surface area contributed by atoms with Crippen molar-refractivity contribution in [2.24, 2.45) is 0 Å². The van der Waals surface area contributed by atoms with E-state index in [2.05, 4.69) is 30.8 Å². The first kappa shape index (κ1) is 67.7. The molecule has 0 saturated heterocycles. The molecule has 0 spiro atoms. The Morgan fingerprint density at radius 1 is 0.456 bits per heavy atom. The maximum absolute atomic E-state index is 11.8. The highest BCUT2D eigenvalue weighted by Gasteiger charge is 2.20. The second kappa shape index (κ2) is 42.5. The summed E-state index contributed by atoms with van der Waals surface area (Å²) in [5.74, 6) is -3.26. The average molecular weight is 1020 g/mol. The van der Waals surface area contributed by atoms with E-state index in [0.29, 0.717) is 64.4 Å². The lowest BCUT2D eigenvalue weighted by atomic mass is 10.2. The lowest BCUT2D eigenvalue weighted by molar-refractivity contribution is -0.150. The molecule has 0 amide bonds. The Bertz CT molecular complexity index is 1600. The van der Waals surface area contributed by atoms with Gasteiger partial charge in [0.2, 0.25) is 0 Å². The van der Waals surface area contributed by atoms with Crippen LogP contribution in [0.25, 0.3) is 0 Å². The lowest BCUT2D eigenvalue weighted by Gasteiger charge is -2.12. The van der Waals surface area contributed by atoms with Gasteiger partial charge >= 0.3 is 57.4 Å². The van der Waals surface area contributed by atoms with Crippen molar-refractivity contribution in [3.8, 4) is 0 Å². The summed E-state index contributed by atoms with van der Waals surface area (Å²) in [5, 5.41) is 0. The van der Waals surface area contributed by atoms with Crippen molar-refractivity contribution in [3.05, 3.63) is 49.1 Å². The molecule has 23 nitrogen and oxygen atoms in total. The van der Waals surface area contributed by atoms with E-state index in [9.17, 15) is 47.6 Å². The molecule has 0 bridgehead atoms. The number of nitrogens with zero attached hydrogens (tertiary/aromatic N) is 1. The highest BCUT2D eigenvalue weighted by atomic mass is 31.2. The minimum Gasteiger partial charge on any atom is -0.462 e. The zero-order valence-corrected chi connectivity index (χ0v) is 41.9. The third-order valence-corrected chi connectivity index (χ3v) is 9.11. The molecule has 0 unspecified atom stereocenters. The minimum atomic E-state index is -4.41. The summed E-state index contributed by atoms with van der Waals surface area (Å²) in [6.45, 7) is 19.0. The first-order valence-electron chi connectivity index (χ1n) is 21.5. The quantitative estimate of drug-likeness (QED) is 0.0238. The van der Waals surface area contributed by atoms with Crippen LogP contribution in [0, 0.1) is 0 Å². The Balaban J connectivity index is -0.00000113. The van der Waals surface area contributed by atoms with Gasteiger partial charge < -0.3 is 52.7 Å². The van der Waals surface area contributed by atoms with Crippen LogP contribution in [-0.4, -0.2) is 148 Å². The van der Waals surface area contributed by atoms with Gasteiger partial charge in [-0.05, 0) is 73.4 Å². The smallest absolute Gasteiger partial charge is 0.462 e. The highest BCUT2D eigenvalue weighted by Crippen LogP contribution is 2.43. The number of hydrogen-bond donors (Lipinski definition) is 3. The zero-order valence-electron chi connectivity index (χ0n) is 40.1. The second-order valence-corrected chi connectivity index (χ2v) is 17.2. The van der Waals surface area contributed by atoms with Gasteiger partial charge in [0.25, 0.3) is 0 Å². The summed E-state index contributed by atoms with van der Waals surface area (Å²) in [4.78, 5) is 107. The molecule has 68 heavy (non-hydrogen) atoms. The van der Waals surface area contributed by atoms with Crippen molar-refractivity contribution in [2.75, 3.05) is 86.7 Å². The van der Waals surface area contributed by atoms with Gasteiger partial charge in [-0.15, -0.1) is 0 Å². The van der Waals surface area contributed by atoms with Crippen LogP contribution in [0.4, 0.5) is 0 Å². The van der Waals surface area contributed by atoms with Gasteiger partial charge in [-0.1, -0.05) is 45.6 Å². The summed E-state index contributed by atoms with van der Waals surface area (Å²) < 4.78 is 70.0. The number of ether oxygens (including phenoxy) is 7. The molecule has 0 aliphatic carbocycles. The van der Waals surface area contributed by atoms with Gasteiger partial charge in [-0.25, -0.2) is 28.3 Å². The van der Waals surface area contributed by atoms with Crippen molar-refractivity contribution in [1.82, 2.24) is 4.90 Å². The number of carbonyl (C=O) groups excluding carboxylic acids is 7. The molecular weight excluding hydrogens is 944 g/mol. The molecule has 0 rings (SSSR count). The summed E-state index contributed by atoms with van der Waals surface area (Å²) in [6.07, 6.45) is 6.29. The first-order valence-corrected chi connectivity index (χ1v) is 24.6. The fraction of sp³-hybridized carbons (Fsp3) is 0.651. The summed E-state index contributed by atoms with van der Waals surface area (Å²) in [6, 6.07) is 0. The van der Waals surface area contributed by atoms with E-state index in [1.54, 1.807) is 0 Å². The van der Waals surface area contributed by atoms with E-state index in [1.165, 1.54) is 20.8 Å². The first-order chi connectivity index (χ1) is 31.8. The molecule has 0 atom stereocenters. The molecule has 0 radical (unpaired) electrons. The number of hydrogen-bond acceptors (Lipinski definition) is 20. The lowest BCUT2D eigenvalue weighted by Crippen LogP contribution is -2.19. The van der Waals surface area contributed by atoms with Crippen LogP contribution in [0.3, 0.4) is 0 Å². The van der Waals surface area contributed by atoms with Gasteiger partial charge in [-0.3, -0.25) is 28.0 Å². The van der Waals surface area contributed by atoms with Crippen LogP contribution in [0.2, 0.25) is 0 Å². The fourth-order valence-electron chi connectivity index (χ4n) is 4.07. The van der Waals surface area contributed by atoms with E-state index in [1.807, 2.05) is 19.0 Å². The molecule has 3 N–H and O–H groups in total. The topological polar surface area (TPSA) is 310 Å². The number of carbonyl (C=O) groups is 7. The van der Waals surface area contributed by atoms with Crippen LogP contribution in [0.5, 0.6) is 0 Å². The summed E-state index contributed by atoms with van der Waals surface area (Å²) in [5.41, 5.74) is 0.804. The minimum absolute atomic E-state index is 0.00674. The van der Waals surface area contributed by atoms with Gasteiger partial charge in [0.1, 0.15) is 46.2 Å². The van der Waals surface area contributed by atoms with E-state index >= 15 is 0 Å². The second-order valence-electron chi connectivity index (χ2n) is 14.5. The number of unbranched alkanes of at least 4 members (excludes halogenated alkanes) is 6. The van der Waals surface area contributed by atoms with Crippen LogP contribution >= 0.6 is 15.6 Å². The third-order valence-electron chi connectivity index (χ3n) is 7.58. The van der Waals surface area contributed by atoms with Crippen LogP contribution in [-0.2, 0) is 89.4 Å². The Hall–Kier alpha value is -4.57.